The summed E-state index contributed by atoms with van der Waals surface area (Å²) in [5, 5.41) is 0.512. The van der Waals surface area contributed by atoms with Gasteiger partial charge in [-0.3, -0.25) is 4.79 Å². The minimum Gasteiger partial charge on any atom is -0.380 e. The second kappa shape index (κ2) is 5.32. The van der Waals surface area contributed by atoms with E-state index in [-0.39, 0.29) is 0 Å². The van der Waals surface area contributed by atoms with Crippen LogP contribution in [0.3, 0.4) is 0 Å². The maximum Gasteiger partial charge on any atom is 0.153 e. The second-order valence-electron chi connectivity index (χ2n) is 3.74. The summed E-state index contributed by atoms with van der Waals surface area (Å²) in [6.45, 7) is 3.20. The molecule has 0 amide bonds. The Balaban J connectivity index is 2.30. The molecule has 1 aliphatic rings. The maximum atomic E-state index is 11.0. The van der Waals surface area contributed by atoms with Crippen molar-refractivity contribution >= 4 is 23.6 Å². The van der Waals surface area contributed by atoms with Crippen LogP contribution in [-0.2, 0) is 4.74 Å². The zero-order chi connectivity index (χ0) is 11.4. The fourth-order valence-electron chi connectivity index (χ4n) is 1.91. The van der Waals surface area contributed by atoms with Crippen LogP contribution in [0, 0.1) is 0 Å². The highest BCUT2D eigenvalue weighted by molar-refractivity contribution is 6.33. The van der Waals surface area contributed by atoms with E-state index in [4.69, 9.17) is 16.3 Å². The molecule has 4 heteroatoms. The highest BCUT2D eigenvalue weighted by Gasteiger charge is 2.14. The van der Waals surface area contributed by atoms with Crippen molar-refractivity contribution in [3.63, 3.8) is 0 Å². The topological polar surface area (TPSA) is 29.5 Å². The molecule has 3 nitrogen and oxygen atoms in total. The Labute approximate surface area is 100.0 Å². The quantitative estimate of drug-likeness (QED) is 0.743. The van der Waals surface area contributed by atoms with Gasteiger partial charge in [0.05, 0.1) is 17.2 Å². The van der Waals surface area contributed by atoms with Crippen molar-refractivity contribution in [3.05, 3.63) is 28.8 Å². The third kappa shape index (κ3) is 2.36. The Morgan fingerprint density at radius 1 is 1.31 bits per heavy atom. The molecule has 0 aliphatic carbocycles. The van der Waals surface area contributed by atoms with Crippen LogP contribution in [0.4, 0.5) is 5.69 Å². The molecule has 1 saturated heterocycles. The first-order valence-electron chi connectivity index (χ1n) is 5.39. The van der Waals surface area contributed by atoms with Gasteiger partial charge in [-0.15, -0.1) is 0 Å². The molecular formula is C12H14ClNO2. The largest absolute Gasteiger partial charge is 0.380 e. The smallest absolute Gasteiger partial charge is 0.153 e. The first-order valence-corrected chi connectivity index (χ1v) is 5.77. The molecule has 1 aliphatic heterocycles. The van der Waals surface area contributed by atoms with E-state index in [1.54, 1.807) is 6.07 Å². The van der Waals surface area contributed by atoms with Crippen molar-refractivity contribution in [3.8, 4) is 0 Å². The Morgan fingerprint density at radius 3 is 3.00 bits per heavy atom. The lowest BCUT2D eigenvalue weighted by molar-refractivity contribution is 0.112. The van der Waals surface area contributed by atoms with E-state index in [2.05, 4.69) is 4.90 Å². The molecule has 1 fully saturated rings. The fraction of sp³-hybridized carbons (Fsp3) is 0.417. The number of nitrogens with zero attached hydrogens (tertiary/aromatic N) is 1. The summed E-state index contributed by atoms with van der Waals surface area (Å²) < 4.78 is 5.39. The standard InChI is InChI=1S/C12H14ClNO2/c13-11-3-1-4-12(10(11)9-15)14-5-2-7-16-8-6-14/h1,3-4,9H,2,5-8H2. The molecule has 16 heavy (non-hydrogen) atoms. The average Bonchev–Trinajstić information content (AvgIpc) is 2.57. The van der Waals surface area contributed by atoms with Gasteiger partial charge in [-0.2, -0.15) is 0 Å². The predicted octanol–water partition coefficient (Wildman–Crippen LogP) is 2.38. The molecule has 0 spiro atoms. The molecule has 1 heterocycles. The van der Waals surface area contributed by atoms with Crippen LogP contribution in [-0.4, -0.2) is 32.6 Å². The van der Waals surface area contributed by atoms with E-state index < -0.39 is 0 Å². The van der Waals surface area contributed by atoms with Gasteiger partial charge in [-0.25, -0.2) is 0 Å². The van der Waals surface area contributed by atoms with Crippen LogP contribution in [0.1, 0.15) is 16.8 Å². The molecule has 86 valence electrons. The molecule has 0 aromatic heterocycles. The minimum absolute atomic E-state index is 0.512. The van der Waals surface area contributed by atoms with Gasteiger partial charge in [-0.05, 0) is 18.6 Å². The lowest BCUT2D eigenvalue weighted by Gasteiger charge is -2.23. The highest BCUT2D eigenvalue weighted by atomic mass is 35.5. The van der Waals surface area contributed by atoms with Crippen LogP contribution in [0.25, 0.3) is 0 Å². The number of carbonyl (C=O) groups excluding carboxylic acids is 1. The normalized spacial score (nSPS) is 16.9. The molecule has 0 saturated carbocycles. The van der Waals surface area contributed by atoms with Crippen molar-refractivity contribution < 1.29 is 9.53 Å². The molecule has 0 N–H and O–H groups in total. The number of hydrogen-bond acceptors (Lipinski definition) is 3. The third-order valence-electron chi connectivity index (χ3n) is 2.71. The van der Waals surface area contributed by atoms with E-state index in [1.807, 2.05) is 12.1 Å². The molecule has 0 radical (unpaired) electrons. The summed E-state index contributed by atoms with van der Waals surface area (Å²) in [5.41, 5.74) is 1.49. The number of ether oxygens (including phenoxy) is 1. The predicted molar refractivity (Wildman–Crippen MR) is 64.5 cm³/mol. The number of halogens is 1. The molecular weight excluding hydrogens is 226 g/mol. The minimum atomic E-state index is 0.512. The van der Waals surface area contributed by atoms with Gasteiger partial charge in [0.15, 0.2) is 6.29 Å². The Hall–Kier alpha value is -1.06. The van der Waals surface area contributed by atoms with E-state index in [1.165, 1.54) is 0 Å². The van der Waals surface area contributed by atoms with Crippen LogP contribution >= 0.6 is 11.6 Å². The summed E-state index contributed by atoms with van der Waals surface area (Å²) >= 11 is 6.00. The van der Waals surface area contributed by atoms with Crippen LogP contribution in [0.5, 0.6) is 0 Å². The van der Waals surface area contributed by atoms with Crippen LogP contribution < -0.4 is 4.90 Å². The molecule has 2 rings (SSSR count). The van der Waals surface area contributed by atoms with Crippen LogP contribution in [0.15, 0.2) is 18.2 Å². The van der Waals surface area contributed by atoms with Crippen molar-refractivity contribution in [1.82, 2.24) is 0 Å². The van der Waals surface area contributed by atoms with Gasteiger partial charge >= 0.3 is 0 Å². The molecule has 1 aromatic carbocycles. The van der Waals surface area contributed by atoms with E-state index in [0.717, 1.165) is 38.1 Å². The summed E-state index contributed by atoms with van der Waals surface area (Å²) in [7, 11) is 0. The number of hydrogen-bond donors (Lipinski definition) is 0. The monoisotopic (exact) mass is 239 g/mol. The van der Waals surface area contributed by atoms with Gasteiger partial charge < -0.3 is 9.64 Å². The summed E-state index contributed by atoms with van der Waals surface area (Å²) in [6, 6.07) is 5.54. The number of benzene rings is 1. The summed E-state index contributed by atoms with van der Waals surface area (Å²) in [5.74, 6) is 0. The van der Waals surface area contributed by atoms with Crippen molar-refractivity contribution in [2.75, 3.05) is 31.2 Å². The summed E-state index contributed by atoms with van der Waals surface area (Å²) in [6.07, 6.45) is 1.80. The maximum absolute atomic E-state index is 11.0. The number of aldehydes is 1. The number of rotatable bonds is 2. The SMILES string of the molecule is O=Cc1c(Cl)cccc1N1CCCOCC1. The Bertz CT molecular complexity index is 373. The average molecular weight is 240 g/mol. The van der Waals surface area contributed by atoms with Gasteiger partial charge in [0.1, 0.15) is 0 Å². The fourth-order valence-corrected chi connectivity index (χ4v) is 2.12. The Morgan fingerprint density at radius 2 is 2.19 bits per heavy atom. The van der Waals surface area contributed by atoms with Crippen molar-refractivity contribution in [2.24, 2.45) is 0 Å². The van der Waals surface area contributed by atoms with E-state index in [0.29, 0.717) is 17.2 Å². The highest BCUT2D eigenvalue weighted by Crippen LogP contribution is 2.26. The summed E-state index contributed by atoms with van der Waals surface area (Å²) in [4.78, 5) is 13.2. The molecule has 0 atom stereocenters. The van der Waals surface area contributed by atoms with Gasteiger partial charge in [0, 0.05) is 25.4 Å². The zero-order valence-corrected chi connectivity index (χ0v) is 9.74. The number of carbonyl (C=O) groups is 1. The van der Waals surface area contributed by atoms with Gasteiger partial charge in [-0.1, -0.05) is 17.7 Å². The van der Waals surface area contributed by atoms with Gasteiger partial charge in [0.2, 0.25) is 0 Å². The number of anilines is 1. The van der Waals surface area contributed by atoms with E-state index in [9.17, 15) is 4.79 Å². The third-order valence-corrected chi connectivity index (χ3v) is 3.04. The van der Waals surface area contributed by atoms with Crippen molar-refractivity contribution in [1.29, 1.82) is 0 Å². The van der Waals surface area contributed by atoms with Gasteiger partial charge in [0.25, 0.3) is 0 Å². The molecule has 0 unspecified atom stereocenters. The first kappa shape index (κ1) is 11.4. The first-order chi connectivity index (χ1) is 7.83. The second-order valence-corrected chi connectivity index (χ2v) is 4.15. The Kier molecular flexibility index (Phi) is 3.80. The molecule has 1 aromatic rings. The zero-order valence-electron chi connectivity index (χ0n) is 8.99. The molecule has 0 bridgehead atoms. The lowest BCUT2D eigenvalue weighted by Crippen LogP contribution is -2.26. The van der Waals surface area contributed by atoms with E-state index >= 15 is 0 Å². The lowest BCUT2D eigenvalue weighted by atomic mass is 10.1. The van der Waals surface area contributed by atoms with Crippen molar-refractivity contribution in [2.45, 2.75) is 6.42 Å². The van der Waals surface area contributed by atoms with Crippen LogP contribution in [0.2, 0.25) is 5.02 Å².